The molecule has 1 N–H and O–H groups in total. The Morgan fingerprint density at radius 2 is 2.05 bits per heavy atom. The Morgan fingerprint density at radius 3 is 2.80 bits per heavy atom. The summed E-state index contributed by atoms with van der Waals surface area (Å²) in [7, 11) is 1.59. The summed E-state index contributed by atoms with van der Waals surface area (Å²) in [6, 6.07) is 9.20. The standard InChI is InChI=1S/C16H19NO3/c1-3-8-20-13-9-12(10-17-11-13)16(18)14-6-4-5-7-15(14)19-2/h4-7,9-11,16,18H,3,8H2,1-2H3. The SMILES string of the molecule is CCCOc1cncc(C(O)c2ccccc2OC)c1. The lowest BCUT2D eigenvalue weighted by atomic mass is 10.0. The molecule has 0 radical (unpaired) electrons. The van der Waals surface area contributed by atoms with Crippen LogP contribution in [0.3, 0.4) is 0 Å². The number of ether oxygens (including phenoxy) is 2. The maximum Gasteiger partial charge on any atom is 0.137 e. The number of aromatic nitrogens is 1. The van der Waals surface area contributed by atoms with Crippen molar-refractivity contribution in [2.75, 3.05) is 13.7 Å². The van der Waals surface area contributed by atoms with Gasteiger partial charge in [-0.15, -0.1) is 0 Å². The zero-order chi connectivity index (χ0) is 14.4. The molecule has 0 bridgehead atoms. The molecular weight excluding hydrogens is 254 g/mol. The molecule has 20 heavy (non-hydrogen) atoms. The van der Waals surface area contributed by atoms with E-state index in [-0.39, 0.29) is 0 Å². The molecule has 1 aromatic heterocycles. The smallest absolute Gasteiger partial charge is 0.137 e. The van der Waals surface area contributed by atoms with Gasteiger partial charge in [0.05, 0.1) is 19.9 Å². The highest BCUT2D eigenvalue weighted by atomic mass is 16.5. The molecule has 0 aliphatic rings. The van der Waals surface area contributed by atoms with Gasteiger partial charge in [-0.25, -0.2) is 0 Å². The fraction of sp³-hybridized carbons (Fsp3) is 0.312. The zero-order valence-electron chi connectivity index (χ0n) is 11.7. The van der Waals surface area contributed by atoms with Crippen molar-refractivity contribution in [3.05, 3.63) is 53.9 Å². The van der Waals surface area contributed by atoms with Crippen LogP contribution in [0, 0.1) is 0 Å². The second-order valence-electron chi connectivity index (χ2n) is 4.45. The van der Waals surface area contributed by atoms with Crippen molar-refractivity contribution in [3.63, 3.8) is 0 Å². The van der Waals surface area contributed by atoms with Gasteiger partial charge in [0, 0.05) is 17.3 Å². The van der Waals surface area contributed by atoms with Gasteiger partial charge in [0.1, 0.15) is 17.6 Å². The number of hydrogen-bond donors (Lipinski definition) is 1. The molecule has 0 aliphatic carbocycles. The average Bonchev–Trinajstić information content (AvgIpc) is 2.52. The third-order valence-corrected chi connectivity index (χ3v) is 2.96. The molecule has 4 heteroatoms. The van der Waals surface area contributed by atoms with E-state index in [1.807, 2.05) is 31.2 Å². The highest BCUT2D eigenvalue weighted by Crippen LogP contribution is 2.30. The molecule has 2 rings (SSSR count). The third kappa shape index (κ3) is 3.27. The Labute approximate surface area is 119 Å². The van der Waals surface area contributed by atoms with Crippen molar-refractivity contribution >= 4 is 0 Å². The summed E-state index contributed by atoms with van der Waals surface area (Å²) >= 11 is 0. The molecule has 1 atom stereocenters. The van der Waals surface area contributed by atoms with Crippen LogP contribution < -0.4 is 9.47 Å². The minimum Gasteiger partial charge on any atom is -0.496 e. The third-order valence-electron chi connectivity index (χ3n) is 2.96. The first kappa shape index (κ1) is 14.3. The van der Waals surface area contributed by atoms with E-state index in [1.54, 1.807) is 25.6 Å². The van der Waals surface area contributed by atoms with E-state index in [1.165, 1.54) is 0 Å². The highest BCUT2D eigenvalue weighted by Gasteiger charge is 2.15. The van der Waals surface area contributed by atoms with Gasteiger partial charge in [-0.2, -0.15) is 0 Å². The quantitative estimate of drug-likeness (QED) is 0.879. The summed E-state index contributed by atoms with van der Waals surface area (Å²) in [5, 5.41) is 10.5. The van der Waals surface area contributed by atoms with Crippen LogP contribution in [0.4, 0.5) is 0 Å². The number of pyridine rings is 1. The first-order valence-corrected chi connectivity index (χ1v) is 6.65. The summed E-state index contributed by atoms with van der Waals surface area (Å²) in [6.45, 7) is 2.68. The van der Waals surface area contributed by atoms with Crippen molar-refractivity contribution in [1.82, 2.24) is 4.98 Å². The van der Waals surface area contributed by atoms with Crippen LogP contribution in [0.1, 0.15) is 30.6 Å². The Morgan fingerprint density at radius 1 is 1.25 bits per heavy atom. The fourth-order valence-electron chi connectivity index (χ4n) is 1.96. The minimum absolute atomic E-state index is 0.635. The lowest BCUT2D eigenvalue weighted by Gasteiger charge is -2.15. The van der Waals surface area contributed by atoms with Crippen molar-refractivity contribution in [2.24, 2.45) is 0 Å². The topological polar surface area (TPSA) is 51.6 Å². The van der Waals surface area contributed by atoms with Crippen LogP contribution in [0.15, 0.2) is 42.7 Å². The second-order valence-corrected chi connectivity index (χ2v) is 4.45. The predicted molar refractivity (Wildman–Crippen MR) is 77.1 cm³/mol. The fourth-order valence-corrected chi connectivity index (χ4v) is 1.96. The van der Waals surface area contributed by atoms with Crippen LogP contribution in [-0.4, -0.2) is 23.8 Å². The van der Waals surface area contributed by atoms with E-state index in [4.69, 9.17) is 9.47 Å². The normalized spacial score (nSPS) is 11.9. The number of rotatable bonds is 6. The number of aliphatic hydroxyl groups excluding tert-OH is 1. The van der Waals surface area contributed by atoms with Crippen LogP contribution in [0.2, 0.25) is 0 Å². The maximum atomic E-state index is 10.5. The van der Waals surface area contributed by atoms with Gasteiger partial charge in [0.25, 0.3) is 0 Å². The van der Waals surface area contributed by atoms with Crippen molar-refractivity contribution in [2.45, 2.75) is 19.4 Å². The number of para-hydroxylation sites is 1. The van der Waals surface area contributed by atoms with Crippen molar-refractivity contribution < 1.29 is 14.6 Å². The van der Waals surface area contributed by atoms with Gasteiger partial charge in [0.2, 0.25) is 0 Å². The Hall–Kier alpha value is -2.07. The van der Waals surface area contributed by atoms with Gasteiger partial charge < -0.3 is 14.6 Å². The van der Waals surface area contributed by atoms with E-state index < -0.39 is 6.10 Å². The molecule has 0 saturated carbocycles. The van der Waals surface area contributed by atoms with Crippen molar-refractivity contribution in [3.8, 4) is 11.5 Å². The predicted octanol–water partition coefficient (Wildman–Crippen LogP) is 2.96. The largest absolute Gasteiger partial charge is 0.496 e. The molecule has 0 aliphatic heterocycles. The molecule has 1 aromatic carbocycles. The van der Waals surface area contributed by atoms with Crippen LogP contribution in [0.25, 0.3) is 0 Å². The van der Waals surface area contributed by atoms with Crippen LogP contribution in [0.5, 0.6) is 11.5 Å². The maximum absolute atomic E-state index is 10.5. The molecule has 0 spiro atoms. The van der Waals surface area contributed by atoms with Crippen LogP contribution >= 0.6 is 0 Å². The first-order valence-electron chi connectivity index (χ1n) is 6.65. The monoisotopic (exact) mass is 273 g/mol. The summed E-state index contributed by atoms with van der Waals surface area (Å²) < 4.78 is 10.8. The van der Waals surface area contributed by atoms with E-state index in [0.29, 0.717) is 29.2 Å². The summed E-state index contributed by atoms with van der Waals surface area (Å²) in [4.78, 5) is 4.11. The van der Waals surface area contributed by atoms with Gasteiger partial charge in [-0.05, 0) is 18.6 Å². The number of aliphatic hydroxyl groups is 1. The van der Waals surface area contributed by atoms with E-state index in [9.17, 15) is 5.11 Å². The molecule has 0 saturated heterocycles. The molecule has 0 amide bonds. The Balaban J connectivity index is 2.26. The molecule has 106 valence electrons. The zero-order valence-corrected chi connectivity index (χ0v) is 11.7. The van der Waals surface area contributed by atoms with Gasteiger partial charge in [-0.3, -0.25) is 4.98 Å². The van der Waals surface area contributed by atoms with Gasteiger partial charge >= 0.3 is 0 Å². The number of hydrogen-bond acceptors (Lipinski definition) is 4. The molecular formula is C16H19NO3. The molecule has 4 nitrogen and oxygen atoms in total. The summed E-state index contributed by atoms with van der Waals surface area (Å²) in [5.41, 5.74) is 1.40. The Bertz CT molecular complexity index is 557. The van der Waals surface area contributed by atoms with E-state index >= 15 is 0 Å². The first-order chi connectivity index (χ1) is 9.76. The highest BCUT2D eigenvalue weighted by molar-refractivity contribution is 5.40. The minimum atomic E-state index is -0.788. The van der Waals surface area contributed by atoms with E-state index in [2.05, 4.69) is 4.98 Å². The number of benzene rings is 1. The lowest BCUT2D eigenvalue weighted by molar-refractivity contribution is 0.213. The average molecular weight is 273 g/mol. The number of methoxy groups -OCH3 is 1. The molecule has 1 heterocycles. The lowest BCUT2D eigenvalue weighted by Crippen LogP contribution is -2.04. The van der Waals surface area contributed by atoms with E-state index in [0.717, 1.165) is 6.42 Å². The van der Waals surface area contributed by atoms with Crippen LogP contribution in [-0.2, 0) is 0 Å². The summed E-state index contributed by atoms with van der Waals surface area (Å²) in [6.07, 6.45) is 3.42. The van der Waals surface area contributed by atoms with Crippen molar-refractivity contribution in [1.29, 1.82) is 0 Å². The summed E-state index contributed by atoms with van der Waals surface area (Å²) in [5.74, 6) is 1.32. The molecule has 2 aromatic rings. The second kappa shape index (κ2) is 6.91. The number of nitrogens with zero attached hydrogens (tertiary/aromatic N) is 1. The molecule has 1 unspecified atom stereocenters. The Kier molecular flexibility index (Phi) is 4.96. The van der Waals surface area contributed by atoms with Gasteiger partial charge in [0.15, 0.2) is 0 Å². The molecule has 0 fully saturated rings. The van der Waals surface area contributed by atoms with Gasteiger partial charge in [-0.1, -0.05) is 25.1 Å².